The minimum absolute atomic E-state index is 0.116. The number of ether oxygens (including phenoxy) is 1. The molecule has 1 heterocycles. The second kappa shape index (κ2) is 3.36. The second-order valence-electron chi connectivity index (χ2n) is 4.82. The summed E-state index contributed by atoms with van der Waals surface area (Å²) in [7, 11) is 1.46. The summed E-state index contributed by atoms with van der Waals surface area (Å²) in [4.78, 5) is 15.2. The lowest BCUT2D eigenvalue weighted by atomic mass is 9.93. The largest absolute Gasteiger partial charge is 0.468 e. The fourth-order valence-electron chi connectivity index (χ4n) is 2.82. The van der Waals surface area contributed by atoms with Crippen LogP contribution in [-0.2, 0) is 14.9 Å². The number of fused-ring (bicyclic) bond motifs is 1. The maximum absolute atomic E-state index is 12.0. The van der Waals surface area contributed by atoms with Crippen LogP contribution in [0.15, 0.2) is 30.5 Å². The summed E-state index contributed by atoms with van der Waals surface area (Å²) in [6.07, 6.45) is 2.83. The van der Waals surface area contributed by atoms with E-state index in [0.29, 0.717) is 5.92 Å². The van der Waals surface area contributed by atoms with Gasteiger partial charge in [-0.05, 0) is 24.0 Å². The van der Waals surface area contributed by atoms with E-state index in [0.717, 1.165) is 22.9 Å². The average molecular weight is 229 g/mol. The molecule has 2 aromatic rings. The molecule has 0 spiro atoms. The van der Waals surface area contributed by atoms with Gasteiger partial charge in [0, 0.05) is 17.1 Å². The van der Waals surface area contributed by atoms with Gasteiger partial charge in [0.25, 0.3) is 0 Å². The minimum atomic E-state index is -0.422. The number of hydrogen-bond donors (Lipinski definition) is 1. The molecule has 0 saturated heterocycles. The maximum Gasteiger partial charge on any atom is 0.316 e. The van der Waals surface area contributed by atoms with Crippen molar-refractivity contribution in [3.63, 3.8) is 0 Å². The van der Waals surface area contributed by atoms with Crippen molar-refractivity contribution in [1.29, 1.82) is 0 Å². The molecule has 0 radical (unpaired) electrons. The molecule has 1 fully saturated rings. The first kappa shape index (κ1) is 10.4. The van der Waals surface area contributed by atoms with Gasteiger partial charge in [0.1, 0.15) is 0 Å². The van der Waals surface area contributed by atoms with E-state index in [2.05, 4.69) is 18.0 Å². The summed E-state index contributed by atoms with van der Waals surface area (Å²) in [5.74, 6) is 0.240. The fraction of sp³-hybridized carbons (Fsp3) is 0.357. The number of aromatic nitrogens is 1. The molecule has 1 aliphatic carbocycles. The zero-order chi connectivity index (χ0) is 12.0. The number of rotatable bonds is 2. The summed E-state index contributed by atoms with van der Waals surface area (Å²) in [6.45, 7) is 2.10. The molecular formula is C14H15NO2. The van der Waals surface area contributed by atoms with E-state index in [4.69, 9.17) is 4.74 Å². The summed E-state index contributed by atoms with van der Waals surface area (Å²) in [6, 6.07) is 8.06. The van der Waals surface area contributed by atoms with Crippen molar-refractivity contribution in [2.45, 2.75) is 18.8 Å². The first-order valence-electron chi connectivity index (χ1n) is 5.85. The maximum atomic E-state index is 12.0. The number of methoxy groups -OCH3 is 1. The Morgan fingerprint density at radius 1 is 1.47 bits per heavy atom. The van der Waals surface area contributed by atoms with Gasteiger partial charge in [-0.15, -0.1) is 0 Å². The van der Waals surface area contributed by atoms with Crippen molar-refractivity contribution in [2.75, 3.05) is 7.11 Å². The Kier molecular flexibility index (Phi) is 2.05. The Morgan fingerprint density at radius 3 is 2.82 bits per heavy atom. The van der Waals surface area contributed by atoms with E-state index in [1.54, 1.807) is 0 Å². The van der Waals surface area contributed by atoms with Crippen molar-refractivity contribution in [2.24, 2.45) is 5.92 Å². The van der Waals surface area contributed by atoms with Crippen molar-refractivity contribution in [3.05, 3.63) is 36.0 Å². The van der Waals surface area contributed by atoms with E-state index in [9.17, 15) is 4.79 Å². The van der Waals surface area contributed by atoms with Crippen LogP contribution in [0.5, 0.6) is 0 Å². The predicted molar refractivity (Wildman–Crippen MR) is 65.8 cm³/mol. The van der Waals surface area contributed by atoms with Crippen LogP contribution in [0.1, 0.15) is 18.9 Å². The Labute approximate surface area is 99.8 Å². The van der Waals surface area contributed by atoms with E-state index >= 15 is 0 Å². The quantitative estimate of drug-likeness (QED) is 0.804. The number of para-hydroxylation sites is 1. The molecule has 3 heteroatoms. The van der Waals surface area contributed by atoms with Gasteiger partial charge in [0.05, 0.1) is 12.5 Å². The number of H-pyrrole nitrogens is 1. The van der Waals surface area contributed by atoms with Gasteiger partial charge in [0.15, 0.2) is 0 Å². The lowest BCUT2D eigenvalue weighted by Crippen LogP contribution is -2.23. The van der Waals surface area contributed by atoms with Crippen LogP contribution in [-0.4, -0.2) is 18.1 Å². The molecular weight excluding hydrogens is 214 g/mol. The predicted octanol–water partition coefficient (Wildman–Crippen LogP) is 2.62. The standard InChI is InChI=1S/C14H15NO2/c1-9-7-14(9,13(16)17-2)11-8-15-12-6-4-3-5-10(11)12/h3-6,8-9,15H,7H2,1-2H3. The van der Waals surface area contributed by atoms with Gasteiger partial charge in [0.2, 0.25) is 0 Å². The number of esters is 1. The zero-order valence-corrected chi connectivity index (χ0v) is 9.99. The molecule has 2 unspecified atom stereocenters. The van der Waals surface area contributed by atoms with E-state index in [1.165, 1.54) is 7.11 Å². The molecule has 1 aromatic carbocycles. The number of aromatic amines is 1. The highest BCUT2D eigenvalue weighted by atomic mass is 16.5. The molecule has 1 aliphatic rings. The van der Waals surface area contributed by atoms with Crippen LogP contribution in [0.3, 0.4) is 0 Å². The third-order valence-corrected chi connectivity index (χ3v) is 3.93. The molecule has 0 amide bonds. The van der Waals surface area contributed by atoms with Crippen LogP contribution in [0.25, 0.3) is 10.9 Å². The topological polar surface area (TPSA) is 42.1 Å². The van der Waals surface area contributed by atoms with E-state index in [1.807, 2.05) is 24.4 Å². The van der Waals surface area contributed by atoms with Gasteiger partial charge in [-0.2, -0.15) is 0 Å². The van der Waals surface area contributed by atoms with Gasteiger partial charge in [-0.3, -0.25) is 4.79 Å². The molecule has 1 N–H and O–H groups in total. The number of nitrogens with one attached hydrogen (secondary N) is 1. The molecule has 1 aromatic heterocycles. The Morgan fingerprint density at radius 2 is 2.18 bits per heavy atom. The summed E-state index contributed by atoms with van der Waals surface area (Å²) in [5, 5.41) is 1.13. The van der Waals surface area contributed by atoms with Gasteiger partial charge < -0.3 is 9.72 Å². The van der Waals surface area contributed by atoms with Crippen LogP contribution in [0.2, 0.25) is 0 Å². The highest BCUT2D eigenvalue weighted by molar-refractivity contribution is 5.95. The number of benzene rings is 1. The number of carbonyl (C=O) groups excluding carboxylic acids is 1. The first-order chi connectivity index (χ1) is 8.20. The lowest BCUT2D eigenvalue weighted by molar-refractivity contribution is -0.144. The summed E-state index contributed by atoms with van der Waals surface area (Å²) < 4.78 is 4.97. The lowest BCUT2D eigenvalue weighted by Gasteiger charge is -2.13. The third-order valence-electron chi connectivity index (χ3n) is 3.93. The molecule has 0 aliphatic heterocycles. The van der Waals surface area contributed by atoms with Crippen LogP contribution < -0.4 is 0 Å². The van der Waals surface area contributed by atoms with E-state index < -0.39 is 5.41 Å². The van der Waals surface area contributed by atoms with Crippen LogP contribution in [0, 0.1) is 5.92 Å². The molecule has 1 saturated carbocycles. The van der Waals surface area contributed by atoms with Crippen LogP contribution in [0.4, 0.5) is 0 Å². The van der Waals surface area contributed by atoms with E-state index in [-0.39, 0.29) is 5.97 Å². The van der Waals surface area contributed by atoms with Crippen molar-refractivity contribution >= 4 is 16.9 Å². The SMILES string of the molecule is COC(=O)C1(c2c[nH]c3ccccc23)CC1C. The fourth-order valence-corrected chi connectivity index (χ4v) is 2.82. The monoisotopic (exact) mass is 229 g/mol. The molecule has 0 bridgehead atoms. The molecule has 3 nitrogen and oxygen atoms in total. The summed E-state index contributed by atoms with van der Waals surface area (Å²) in [5.41, 5.74) is 1.73. The second-order valence-corrected chi connectivity index (χ2v) is 4.82. The van der Waals surface area contributed by atoms with Crippen LogP contribution >= 0.6 is 0 Å². The van der Waals surface area contributed by atoms with Gasteiger partial charge in [-0.25, -0.2) is 0 Å². The minimum Gasteiger partial charge on any atom is -0.468 e. The Hall–Kier alpha value is -1.77. The zero-order valence-electron chi connectivity index (χ0n) is 9.99. The highest BCUT2D eigenvalue weighted by Crippen LogP contribution is 2.56. The third kappa shape index (κ3) is 1.25. The number of carbonyl (C=O) groups is 1. The van der Waals surface area contributed by atoms with Crippen molar-refractivity contribution < 1.29 is 9.53 Å². The van der Waals surface area contributed by atoms with Crippen molar-refractivity contribution in [1.82, 2.24) is 4.98 Å². The molecule has 3 rings (SSSR count). The van der Waals surface area contributed by atoms with Gasteiger partial charge in [-0.1, -0.05) is 25.1 Å². The molecule has 2 atom stereocenters. The number of hydrogen-bond acceptors (Lipinski definition) is 2. The Balaban J connectivity index is 2.18. The smallest absolute Gasteiger partial charge is 0.316 e. The molecule has 88 valence electrons. The molecule has 17 heavy (non-hydrogen) atoms. The average Bonchev–Trinajstić information content (AvgIpc) is 2.86. The van der Waals surface area contributed by atoms with Crippen molar-refractivity contribution in [3.8, 4) is 0 Å². The first-order valence-corrected chi connectivity index (χ1v) is 5.85. The Bertz CT molecular complexity index is 587. The van der Waals surface area contributed by atoms with Gasteiger partial charge >= 0.3 is 5.97 Å². The normalized spacial score (nSPS) is 27.1. The highest BCUT2D eigenvalue weighted by Gasteiger charge is 2.60. The summed E-state index contributed by atoms with van der Waals surface area (Å²) >= 11 is 0.